The third-order valence-corrected chi connectivity index (χ3v) is 7.27. The van der Waals surface area contributed by atoms with Gasteiger partial charge in [-0.25, -0.2) is 4.98 Å². The molecule has 35 heavy (non-hydrogen) atoms. The van der Waals surface area contributed by atoms with E-state index >= 15 is 0 Å². The molecule has 0 bridgehead atoms. The van der Waals surface area contributed by atoms with Crippen molar-refractivity contribution < 1.29 is 22.7 Å². The third-order valence-electron chi connectivity index (χ3n) is 6.90. The van der Waals surface area contributed by atoms with Crippen LogP contribution in [0.5, 0.6) is 5.75 Å². The molecule has 3 aliphatic rings. The van der Waals surface area contributed by atoms with Gasteiger partial charge in [-0.05, 0) is 68.4 Å². The molecule has 1 saturated carbocycles. The second kappa shape index (κ2) is 8.46. The zero-order valence-electron chi connectivity index (χ0n) is 18.9. The second-order valence-electron chi connectivity index (χ2n) is 8.93. The Balaban J connectivity index is 1.44. The van der Waals surface area contributed by atoms with Gasteiger partial charge >= 0.3 is 6.18 Å². The molecule has 1 aliphatic carbocycles. The Kier molecular flexibility index (Phi) is 5.68. The maximum atomic E-state index is 13.5. The van der Waals surface area contributed by atoms with Crippen LogP contribution in [0.15, 0.2) is 36.5 Å². The number of pyridine rings is 1. The summed E-state index contributed by atoms with van der Waals surface area (Å²) < 4.78 is 46.5. The van der Waals surface area contributed by atoms with Crippen molar-refractivity contribution in [3.8, 4) is 11.8 Å². The van der Waals surface area contributed by atoms with E-state index in [4.69, 9.17) is 22.2 Å². The monoisotopic (exact) mass is 501 g/mol. The number of aromatic nitrogens is 1. The molecule has 3 fully saturated rings. The summed E-state index contributed by atoms with van der Waals surface area (Å²) in [4.78, 5) is 22.3. The lowest BCUT2D eigenvalue weighted by atomic mass is 9.75. The van der Waals surface area contributed by atoms with Crippen LogP contribution in [0.2, 0.25) is 0 Å². The first-order valence-corrected chi connectivity index (χ1v) is 11.7. The first-order valence-electron chi connectivity index (χ1n) is 11.3. The van der Waals surface area contributed by atoms with Crippen LogP contribution in [0.3, 0.4) is 0 Å². The van der Waals surface area contributed by atoms with Crippen LogP contribution < -0.4 is 14.5 Å². The van der Waals surface area contributed by atoms with Gasteiger partial charge in [0, 0.05) is 18.8 Å². The molecule has 1 spiro atoms. The maximum Gasteiger partial charge on any atom is 0.419 e. The fraction of sp³-hybridized carbons (Fsp3) is 0.417. The number of amides is 1. The molecule has 2 saturated heterocycles. The number of rotatable bonds is 5. The van der Waals surface area contributed by atoms with E-state index in [2.05, 4.69) is 16.8 Å². The summed E-state index contributed by atoms with van der Waals surface area (Å²) in [7, 11) is 0. The minimum atomic E-state index is -4.79. The predicted molar refractivity (Wildman–Crippen MR) is 126 cm³/mol. The lowest BCUT2D eigenvalue weighted by molar-refractivity contribution is -0.138. The van der Waals surface area contributed by atoms with Crippen molar-refractivity contribution in [1.29, 1.82) is 5.26 Å². The summed E-state index contributed by atoms with van der Waals surface area (Å²) in [6.07, 6.45) is -1.71. The van der Waals surface area contributed by atoms with Crippen LogP contribution in [0.4, 0.5) is 24.5 Å². The van der Waals surface area contributed by atoms with Crippen molar-refractivity contribution in [2.45, 2.75) is 44.0 Å². The topological polar surface area (TPSA) is 72.7 Å². The van der Waals surface area contributed by atoms with Crippen molar-refractivity contribution in [2.24, 2.45) is 0 Å². The van der Waals surface area contributed by atoms with Gasteiger partial charge < -0.3 is 9.64 Å². The summed E-state index contributed by atoms with van der Waals surface area (Å²) in [5.74, 6) is 0.319. The fourth-order valence-corrected chi connectivity index (χ4v) is 5.28. The number of hydrogen-bond donors (Lipinski definition) is 0. The summed E-state index contributed by atoms with van der Waals surface area (Å²) in [6, 6.07) is 9.48. The van der Waals surface area contributed by atoms with Gasteiger partial charge in [-0.3, -0.25) is 14.6 Å². The highest BCUT2D eigenvalue weighted by molar-refractivity contribution is 7.81. The molecule has 1 aromatic heterocycles. The second-order valence-corrected chi connectivity index (χ2v) is 9.29. The number of ether oxygens (including phenoxy) is 1. The molecule has 2 aromatic rings. The molecule has 0 atom stereocenters. The molecule has 182 valence electrons. The average molecular weight is 502 g/mol. The summed E-state index contributed by atoms with van der Waals surface area (Å²) in [5.41, 5.74) is -2.34. The van der Waals surface area contributed by atoms with E-state index in [9.17, 15) is 18.0 Å². The minimum absolute atomic E-state index is 0.0839. The molecule has 0 unspecified atom stereocenters. The van der Waals surface area contributed by atoms with Crippen molar-refractivity contribution >= 4 is 34.6 Å². The van der Waals surface area contributed by atoms with E-state index in [-0.39, 0.29) is 22.8 Å². The Bertz CT molecular complexity index is 1220. The van der Waals surface area contributed by atoms with Gasteiger partial charge in [-0.1, -0.05) is 6.92 Å². The fourth-order valence-electron chi connectivity index (χ4n) is 4.81. The Labute approximate surface area is 205 Å². The van der Waals surface area contributed by atoms with E-state index in [0.717, 1.165) is 43.2 Å². The molecule has 1 aromatic carbocycles. The molecule has 2 aliphatic heterocycles. The summed E-state index contributed by atoms with van der Waals surface area (Å²) >= 11 is 5.63. The first-order chi connectivity index (χ1) is 16.7. The highest BCUT2D eigenvalue weighted by atomic mass is 32.1. The molecule has 3 heterocycles. The van der Waals surface area contributed by atoms with Gasteiger partial charge in [-0.2, -0.15) is 18.4 Å². The third kappa shape index (κ3) is 3.81. The number of nitriles is 1. The number of carbonyl (C=O) groups excluding carboxylic acids is 1. The predicted octanol–water partition coefficient (Wildman–Crippen LogP) is 4.12. The van der Waals surface area contributed by atoms with Crippen molar-refractivity contribution in [3.63, 3.8) is 0 Å². The number of benzene rings is 1. The van der Waals surface area contributed by atoms with Crippen LogP contribution in [-0.2, 0) is 11.0 Å². The number of nitrogens with zero attached hydrogens (tertiary/aromatic N) is 5. The van der Waals surface area contributed by atoms with Crippen molar-refractivity contribution in [1.82, 2.24) is 9.88 Å². The number of thiocarbonyl (C=S) groups is 1. The number of halogens is 3. The van der Waals surface area contributed by atoms with Gasteiger partial charge in [-0.15, -0.1) is 0 Å². The van der Waals surface area contributed by atoms with E-state index in [1.165, 1.54) is 6.07 Å². The SMILES string of the molecule is CCN1CC(Oc2ccc(N3C(=S)N(c4cnc(C#N)c(C(F)(F)F)c4)C(=O)C34CCC4)cc2)C1. The number of anilines is 2. The van der Waals surface area contributed by atoms with Gasteiger partial charge in [0.1, 0.15) is 23.5 Å². The maximum absolute atomic E-state index is 13.5. The van der Waals surface area contributed by atoms with Crippen LogP contribution in [0.1, 0.15) is 37.4 Å². The smallest absolute Gasteiger partial charge is 0.419 e. The van der Waals surface area contributed by atoms with Gasteiger partial charge in [0.25, 0.3) is 5.91 Å². The summed E-state index contributed by atoms with van der Waals surface area (Å²) in [6.45, 7) is 4.83. The molecule has 7 nitrogen and oxygen atoms in total. The largest absolute Gasteiger partial charge is 0.488 e. The number of hydrogen-bond acceptors (Lipinski definition) is 6. The first kappa shape index (κ1) is 23.5. The number of likely N-dealkylation sites (N-methyl/N-ethyl adjacent to an activating group) is 1. The van der Waals surface area contributed by atoms with Crippen LogP contribution in [0, 0.1) is 11.3 Å². The Morgan fingerprint density at radius 1 is 1.23 bits per heavy atom. The Hall–Kier alpha value is -3.23. The molecule has 5 rings (SSSR count). The van der Waals surface area contributed by atoms with E-state index in [1.54, 1.807) is 4.90 Å². The normalized spacial score (nSPS) is 20.1. The van der Waals surface area contributed by atoms with E-state index < -0.39 is 23.0 Å². The van der Waals surface area contributed by atoms with Crippen LogP contribution in [-0.4, -0.2) is 52.2 Å². The number of carbonyl (C=O) groups is 1. The zero-order chi connectivity index (χ0) is 25.0. The van der Waals surface area contributed by atoms with Crippen molar-refractivity contribution in [2.75, 3.05) is 29.4 Å². The van der Waals surface area contributed by atoms with Gasteiger partial charge in [0.2, 0.25) is 0 Å². The molecular weight excluding hydrogens is 479 g/mol. The van der Waals surface area contributed by atoms with Crippen LogP contribution >= 0.6 is 12.2 Å². The zero-order valence-corrected chi connectivity index (χ0v) is 19.7. The van der Waals surface area contributed by atoms with Crippen LogP contribution in [0.25, 0.3) is 0 Å². The Morgan fingerprint density at radius 3 is 2.46 bits per heavy atom. The quantitative estimate of drug-likeness (QED) is 0.571. The van der Waals surface area contributed by atoms with Gasteiger partial charge in [0.05, 0.1) is 17.4 Å². The van der Waals surface area contributed by atoms with E-state index in [1.807, 2.05) is 24.3 Å². The van der Waals surface area contributed by atoms with Crippen molar-refractivity contribution in [3.05, 3.63) is 47.8 Å². The molecule has 0 radical (unpaired) electrons. The number of likely N-dealkylation sites (tertiary alicyclic amines) is 1. The number of alkyl halides is 3. The van der Waals surface area contributed by atoms with E-state index in [0.29, 0.717) is 24.3 Å². The molecule has 0 N–H and O–H groups in total. The highest BCUT2D eigenvalue weighted by Crippen LogP contribution is 2.48. The molecular formula is C24H22F3N5O2S. The average Bonchev–Trinajstić information content (AvgIpc) is 3.02. The Morgan fingerprint density at radius 2 is 1.91 bits per heavy atom. The lowest BCUT2D eigenvalue weighted by Crippen LogP contribution is -2.55. The van der Waals surface area contributed by atoms with Gasteiger partial charge in [0.15, 0.2) is 10.8 Å². The lowest BCUT2D eigenvalue weighted by Gasteiger charge is -2.43. The minimum Gasteiger partial charge on any atom is -0.488 e. The highest BCUT2D eigenvalue weighted by Gasteiger charge is 2.59. The molecule has 1 amide bonds. The summed E-state index contributed by atoms with van der Waals surface area (Å²) in [5, 5.41) is 9.13. The molecule has 11 heteroatoms. The standard InChI is InChI=1S/C24H22F3N5O2S/c1-2-30-13-18(14-30)34-17-6-4-15(5-7-17)32-22(35)31(21(33)23(32)8-3-9-23)16-10-19(24(25,26)27)20(11-28)29-12-16/h4-7,10,12,18H,2-3,8-9,13-14H2,1H3.